The van der Waals surface area contributed by atoms with E-state index in [1.54, 1.807) is 17.2 Å². The van der Waals surface area contributed by atoms with Crippen LogP contribution in [0.15, 0.2) is 42.5 Å². The minimum Gasteiger partial charge on any atom is -0.479 e. The number of aliphatic carboxylic acids is 1. The van der Waals surface area contributed by atoms with Crippen molar-refractivity contribution in [1.82, 2.24) is 0 Å². The fourth-order valence-corrected chi connectivity index (χ4v) is 1.38. The summed E-state index contributed by atoms with van der Waals surface area (Å²) in [5.41, 5.74) is 0.855. The molecule has 2 rings (SSSR count). The van der Waals surface area contributed by atoms with Gasteiger partial charge in [-0.1, -0.05) is 24.3 Å². The zero-order valence-electron chi connectivity index (χ0n) is 8.04. The molecule has 1 N–H and O–H groups in total. The zero-order chi connectivity index (χ0) is 10.7. The third-order valence-electron chi connectivity index (χ3n) is 2.11. The highest BCUT2D eigenvalue weighted by molar-refractivity contribution is 5.75. The normalized spacial score (nSPS) is 20.3. The number of carboxylic acids is 1. The predicted molar refractivity (Wildman–Crippen MR) is 55.4 cm³/mol. The number of carboxylic acid groups (broad SMARTS) is 1. The van der Waals surface area contributed by atoms with E-state index in [0.29, 0.717) is 6.54 Å². The number of hydrogen-bond acceptors (Lipinski definition) is 3. The Balaban J connectivity index is 2.14. The van der Waals surface area contributed by atoms with Gasteiger partial charge in [0.2, 0.25) is 6.10 Å². The first-order valence-corrected chi connectivity index (χ1v) is 4.66. The lowest BCUT2D eigenvalue weighted by Gasteiger charge is -2.28. The second-order valence-electron chi connectivity index (χ2n) is 3.19. The maximum absolute atomic E-state index is 10.7. The Bertz CT molecular complexity index is 375. The van der Waals surface area contributed by atoms with Crippen molar-refractivity contribution in [2.24, 2.45) is 0 Å². The van der Waals surface area contributed by atoms with Gasteiger partial charge in [0.05, 0.1) is 12.2 Å². The van der Waals surface area contributed by atoms with Gasteiger partial charge in [-0.3, -0.25) is 4.84 Å². The molecule has 78 valence electrons. The molecule has 1 aromatic carbocycles. The van der Waals surface area contributed by atoms with Crippen LogP contribution >= 0.6 is 0 Å². The van der Waals surface area contributed by atoms with Crippen LogP contribution in [-0.2, 0) is 9.63 Å². The van der Waals surface area contributed by atoms with E-state index in [2.05, 4.69) is 0 Å². The summed E-state index contributed by atoms with van der Waals surface area (Å²) in [6, 6.07) is 9.41. The summed E-state index contributed by atoms with van der Waals surface area (Å²) in [6.45, 7) is 0.563. The number of carbonyl (C=O) groups is 1. The molecule has 15 heavy (non-hydrogen) atoms. The van der Waals surface area contributed by atoms with Crippen molar-refractivity contribution in [2.45, 2.75) is 6.10 Å². The average Bonchev–Trinajstić information content (AvgIpc) is 2.30. The maximum atomic E-state index is 10.7. The number of benzene rings is 1. The highest BCUT2D eigenvalue weighted by Gasteiger charge is 2.22. The van der Waals surface area contributed by atoms with Gasteiger partial charge < -0.3 is 5.11 Å². The topological polar surface area (TPSA) is 49.8 Å². The molecule has 0 radical (unpaired) electrons. The molecule has 0 aliphatic carbocycles. The molecule has 0 spiro atoms. The molecule has 0 bridgehead atoms. The number of rotatable bonds is 2. The lowest BCUT2D eigenvalue weighted by molar-refractivity contribution is -0.148. The van der Waals surface area contributed by atoms with Gasteiger partial charge >= 0.3 is 5.97 Å². The summed E-state index contributed by atoms with van der Waals surface area (Å²) in [4.78, 5) is 16.0. The van der Waals surface area contributed by atoms with Crippen molar-refractivity contribution >= 4 is 11.7 Å². The molecule has 1 aliphatic heterocycles. The molecule has 1 atom stereocenters. The van der Waals surface area contributed by atoms with Crippen LogP contribution in [0.1, 0.15) is 0 Å². The first-order chi connectivity index (χ1) is 7.27. The molecule has 4 heteroatoms. The molecule has 0 aromatic heterocycles. The SMILES string of the molecule is O=C(O)C1C=CCN(c2ccccc2)O1. The van der Waals surface area contributed by atoms with E-state index in [1.807, 2.05) is 30.3 Å². The van der Waals surface area contributed by atoms with Gasteiger partial charge in [0.15, 0.2) is 0 Å². The molecule has 4 nitrogen and oxygen atoms in total. The van der Waals surface area contributed by atoms with Crippen LogP contribution in [0.2, 0.25) is 0 Å². The fourth-order valence-electron chi connectivity index (χ4n) is 1.38. The quantitative estimate of drug-likeness (QED) is 0.742. The monoisotopic (exact) mass is 205 g/mol. The number of anilines is 1. The maximum Gasteiger partial charge on any atom is 0.339 e. The summed E-state index contributed by atoms with van der Waals surface area (Å²) in [7, 11) is 0. The van der Waals surface area contributed by atoms with E-state index in [1.165, 1.54) is 0 Å². The van der Waals surface area contributed by atoms with Crippen molar-refractivity contribution in [2.75, 3.05) is 11.6 Å². The van der Waals surface area contributed by atoms with E-state index in [0.717, 1.165) is 5.69 Å². The van der Waals surface area contributed by atoms with Crippen LogP contribution < -0.4 is 5.06 Å². The molecule has 0 amide bonds. The van der Waals surface area contributed by atoms with Gasteiger partial charge in [0, 0.05) is 0 Å². The smallest absolute Gasteiger partial charge is 0.339 e. The van der Waals surface area contributed by atoms with Crippen LogP contribution in [0.5, 0.6) is 0 Å². The largest absolute Gasteiger partial charge is 0.479 e. The van der Waals surface area contributed by atoms with Crippen LogP contribution in [-0.4, -0.2) is 23.7 Å². The Kier molecular flexibility index (Phi) is 2.69. The van der Waals surface area contributed by atoms with Gasteiger partial charge in [-0.25, -0.2) is 9.86 Å². The Hall–Kier alpha value is -1.81. The Morgan fingerprint density at radius 3 is 2.80 bits per heavy atom. The standard InChI is InChI=1S/C11H11NO3/c13-11(14)10-7-4-8-12(15-10)9-5-2-1-3-6-9/h1-7,10H,8H2,(H,13,14). The van der Waals surface area contributed by atoms with Gasteiger partial charge in [-0.15, -0.1) is 0 Å². The second-order valence-corrected chi connectivity index (χ2v) is 3.19. The lowest BCUT2D eigenvalue weighted by atomic mass is 10.2. The Morgan fingerprint density at radius 1 is 1.40 bits per heavy atom. The van der Waals surface area contributed by atoms with Gasteiger partial charge in [0.1, 0.15) is 0 Å². The summed E-state index contributed by atoms with van der Waals surface area (Å²) >= 11 is 0. The van der Waals surface area contributed by atoms with Gasteiger partial charge in [-0.2, -0.15) is 0 Å². The van der Waals surface area contributed by atoms with Crippen LogP contribution in [0.25, 0.3) is 0 Å². The van der Waals surface area contributed by atoms with E-state index in [4.69, 9.17) is 9.94 Å². The highest BCUT2D eigenvalue weighted by Crippen LogP contribution is 2.18. The average molecular weight is 205 g/mol. The predicted octanol–water partition coefficient (Wildman–Crippen LogP) is 1.45. The van der Waals surface area contributed by atoms with Crippen molar-refractivity contribution < 1.29 is 14.7 Å². The molecule has 0 saturated carbocycles. The minimum atomic E-state index is -0.980. The molecule has 1 aromatic rings. The minimum absolute atomic E-state index is 0.563. The molecule has 0 saturated heterocycles. The van der Waals surface area contributed by atoms with E-state index in [-0.39, 0.29) is 0 Å². The third-order valence-corrected chi connectivity index (χ3v) is 2.11. The number of para-hydroxylation sites is 1. The number of hydroxylamine groups is 1. The molecular formula is C11H11NO3. The molecular weight excluding hydrogens is 194 g/mol. The zero-order valence-corrected chi connectivity index (χ0v) is 8.04. The first kappa shape index (κ1) is 9.73. The van der Waals surface area contributed by atoms with E-state index >= 15 is 0 Å². The second kappa shape index (κ2) is 4.14. The Morgan fingerprint density at radius 2 is 2.13 bits per heavy atom. The van der Waals surface area contributed by atoms with Crippen molar-refractivity contribution in [3.63, 3.8) is 0 Å². The van der Waals surface area contributed by atoms with Crippen molar-refractivity contribution in [1.29, 1.82) is 0 Å². The number of nitrogens with zero attached hydrogens (tertiary/aromatic N) is 1. The molecule has 1 aliphatic rings. The molecule has 1 heterocycles. The van der Waals surface area contributed by atoms with Gasteiger partial charge in [-0.05, 0) is 18.2 Å². The van der Waals surface area contributed by atoms with Crippen LogP contribution in [0.4, 0.5) is 5.69 Å². The molecule has 0 fully saturated rings. The third kappa shape index (κ3) is 2.16. The van der Waals surface area contributed by atoms with Crippen molar-refractivity contribution in [3.05, 3.63) is 42.5 Å². The van der Waals surface area contributed by atoms with Crippen LogP contribution in [0.3, 0.4) is 0 Å². The van der Waals surface area contributed by atoms with E-state index < -0.39 is 12.1 Å². The van der Waals surface area contributed by atoms with Crippen LogP contribution in [0, 0.1) is 0 Å². The van der Waals surface area contributed by atoms with E-state index in [9.17, 15) is 4.79 Å². The summed E-state index contributed by atoms with van der Waals surface area (Å²) in [5, 5.41) is 10.4. The van der Waals surface area contributed by atoms with Crippen molar-refractivity contribution in [3.8, 4) is 0 Å². The van der Waals surface area contributed by atoms with Gasteiger partial charge in [0.25, 0.3) is 0 Å². The highest BCUT2D eigenvalue weighted by atomic mass is 16.7. The summed E-state index contributed by atoms with van der Waals surface area (Å²) < 4.78 is 0. The lowest BCUT2D eigenvalue weighted by Crippen LogP contribution is -2.36. The fraction of sp³-hybridized carbons (Fsp3) is 0.182. The molecule has 1 unspecified atom stereocenters. The first-order valence-electron chi connectivity index (χ1n) is 4.66. The Labute approximate surface area is 87.3 Å². The summed E-state index contributed by atoms with van der Waals surface area (Å²) in [5.74, 6) is -0.980. The summed E-state index contributed by atoms with van der Waals surface area (Å²) in [6.07, 6.45) is 2.44. The number of hydrogen-bond donors (Lipinski definition) is 1.